The Balaban J connectivity index is 2.04. The maximum atomic E-state index is 13.0. The molecule has 0 saturated carbocycles. The van der Waals surface area contributed by atoms with E-state index in [1.165, 1.54) is 0 Å². The number of rotatable bonds is 8. The Morgan fingerprint density at radius 2 is 0.882 bits per heavy atom. The Morgan fingerprint density at radius 3 is 1.21 bits per heavy atom. The lowest BCUT2D eigenvalue weighted by Gasteiger charge is -2.19. The van der Waals surface area contributed by atoms with Crippen LogP contribution in [-0.4, -0.2) is 66.1 Å². The number of fused-ring (bicyclic) bond motifs is 2. The zero-order chi connectivity index (χ0) is 25.7. The molecule has 0 unspecified atom stereocenters. The summed E-state index contributed by atoms with van der Waals surface area (Å²) >= 11 is 0. The van der Waals surface area contributed by atoms with Gasteiger partial charge in [-0.1, -0.05) is 0 Å². The first kappa shape index (κ1) is 26.0. The number of carbonyl (C=O) groups excluding carboxylic acids is 2. The Morgan fingerprint density at radius 1 is 0.559 bits per heavy atom. The molecule has 1 aliphatic rings. The van der Waals surface area contributed by atoms with Gasteiger partial charge in [0, 0.05) is 22.3 Å². The van der Waals surface area contributed by atoms with E-state index < -0.39 is 84.5 Å². The molecule has 14 nitrogen and oxygen atoms in total. The van der Waals surface area contributed by atoms with Gasteiger partial charge in [-0.05, 0) is 36.4 Å². The van der Waals surface area contributed by atoms with Crippen molar-refractivity contribution in [2.24, 2.45) is 0 Å². The highest BCUT2D eigenvalue weighted by Crippen LogP contribution is 2.30. The summed E-state index contributed by atoms with van der Waals surface area (Å²) in [6.45, 7) is 0. The third kappa shape index (κ3) is 5.55. The fraction of sp³-hybridized carbons (Fsp3) is 0.125. The molecule has 2 aromatic rings. The Labute approximate surface area is 193 Å². The molecule has 184 valence electrons. The number of hydrogen-bond donors (Lipinski definition) is 4. The third-order valence-corrected chi connectivity index (χ3v) is 8.63. The topological polar surface area (TPSA) is 235 Å². The van der Waals surface area contributed by atoms with Crippen LogP contribution in [0.2, 0.25) is 0 Å². The number of benzene rings is 2. The lowest BCUT2D eigenvalue weighted by atomic mass is 9.84. The molecule has 1 aliphatic carbocycles. The summed E-state index contributed by atoms with van der Waals surface area (Å²) < 4.78 is 113. The largest absolute Gasteiger partial charge is 0.289 e. The van der Waals surface area contributed by atoms with E-state index in [1.807, 2.05) is 0 Å². The SMILES string of the molecule is O=C1c2ccc(S(=O)(=O)NCS(=O)(=O)O)cc2C(=O)c2cc(S(=O)(=O)NCS(=O)(=O)O)ccc21. The molecule has 0 bridgehead atoms. The predicted octanol–water partition coefficient (Wildman–Crippen LogP) is -1.29. The first-order valence-corrected chi connectivity index (χ1v) is 14.9. The van der Waals surface area contributed by atoms with Crippen molar-refractivity contribution in [1.82, 2.24) is 9.44 Å². The number of carbonyl (C=O) groups is 2. The third-order valence-electron chi connectivity index (χ3n) is 4.44. The molecule has 0 heterocycles. The fourth-order valence-electron chi connectivity index (χ4n) is 2.91. The van der Waals surface area contributed by atoms with Crippen molar-refractivity contribution in [3.8, 4) is 0 Å². The van der Waals surface area contributed by atoms with Crippen LogP contribution in [0.3, 0.4) is 0 Å². The van der Waals surface area contributed by atoms with Crippen LogP contribution in [0.1, 0.15) is 31.8 Å². The van der Waals surface area contributed by atoms with Gasteiger partial charge in [0.2, 0.25) is 20.0 Å². The van der Waals surface area contributed by atoms with Crippen molar-refractivity contribution in [3.63, 3.8) is 0 Å². The summed E-state index contributed by atoms with van der Waals surface area (Å²) in [5, 5.41) is 0. The summed E-state index contributed by atoms with van der Waals surface area (Å²) in [7, 11) is -18.5. The van der Waals surface area contributed by atoms with Gasteiger partial charge in [0.05, 0.1) is 9.79 Å². The predicted molar refractivity (Wildman–Crippen MR) is 113 cm³/mol. The van der Waals surface area contributed by atoms with Crippen molar-refractivity contribution < 1.29 is 52.4 Å². The molecule has 0 radical (unpaired) electrons. The molecule has 0 spiro atoms. The van der Waals surface area contributed by atoms with Crippen LogP contribution in [0.5, 0.6) is 0 Å². The van der Waals surface area contributed by atoms with Gasteiger partial charge in [-0.2, -0.15) is 26.3 Å². The molecule has 0 atom stereocenters. The van der Waals surface area contributed by atoms with Crippen LogP contribution < -0.4 is 9.44 Å². The minimum atomic E-state index is -4.70. The summed E-state index contributed by atoms with van der Waals surface area (Å²) in [5.41, 5.74) is -1.25. The molecule has 18 heteroatoms. The first-order valence-electron chi connectivity index (χ1n) is 8.68. The van der Waals surface area contributed by atoms with Crippen LogP contribution in [0, 0.1) is 0 Å². The smallest absolute Gasteiger partial charge is 0.279 e. The summed E-state index contributed by atoms with van der Waals surface area (Å²) in [4.78, 5) is 24.5. The highest BCUT2D eigenvalue weighted by Gasteiger charge is 2.33. The van der Waals surface area contributed by atoms with Gasteiger partial charge < -0.3 is 0 Å². The second-order valence-electron chi connectivity index (χ2n) is 6.82. The van der Waals surface area contributed by atoms with Crippen molar-refractivity contribution >= 4 is 51.8 Å². The molecule has 34 heavy (non-hydrogen) atoms. The number of sulfonamides is 2. The van der Waals surface area contributed by atoms with Gasteiger partial charge in [0.25, 0.3) is 20.2 Å². The second kappa shape index (κ2) is 8.57. The molecule has 2 aromatic carbocycles. The first-order chi connectivity index (χ1) is 15.4. The standard InChI is InChI=1S/C16H14N2O12S4/c19-15-11-3-1-9(33(27,28)17-7-31(21,22)23)5-13(11)16(20)14-6-10(2-4-12(14)15)34(29,30)18-8-32(24,25)26/h1-6,17-18H,7-8H2,(H,21,22,23)(H,24,25,26). The number of nitrogens with one attached hydrogen (secondary N) is 2. The summed E-state index contributed by atoms with van der Waals surface area (Å²) in [6, 6.07) is 5.45. The Bertz CT molecular complexity index is 1540. The molecule has 3 rings (SSSR count). The average molecular weight is 555 g/mol. The highest BCUT2D eigenvalue weighted by molar-refractivity contribution is 7.92. The van der Waals surface area contributed by atoms with Gasteiger partial charge in [0.1, 0.15) is 11.8 Å². The Kier molecular flexibility index (Phi) is 6.56. The van der Waals surface area contributed by atoms with Crippen LogP contribution in [0.4, 0.5) is 0 Å². The molecular weight excluding hydrogens is 540 g/mol. The maximum Gasteiger partial charge on any atom is 0.279 e. The van der Waals surface area contributed by atoms with Crippen molar-refractivity contribution in [1.29, 1.82) is 0 Å². The minimum Gasteiger partial charge on any atom is -0.289 e. The van der Waals surface area contributed by atoms with Gasteiger partial charge in [-0.25, -0.2) is 16.8 Å². The van der Waals surface area contributed by atoms with E-state index in [0.717, 1.165) is 36.4 Å². The number of ketones is 2. The normalized spacial score (nSPS) is 14.5. The molecule has 0 fully saturated rings. The van der Waals surface area contributed by atoms with E-state index in [9.17, 15) is 43.3 Å². The van der Waals surface area contributed by atoms with Gasteiger partial charge in [-0.15, -0.1) is 0 Å². The lowest BCUT2D eigenvalue weighted by Crippen LogP contribution is -2.30. The molecule has 0 saturated heterocycles. The molecule has 0 aromatic heterocycles. The monoisotopic (exact) mass is 554 g/mol. The zero-order valence-electron chi connectivity index (χ0n) is 16.5. The van der Waals surface area contributed by atoms with Gasteiger partial charge in [-0.3, -0.25) is 18.7 Å². The fourth-order valence-corrected chi connectivity index (χ4v) is 6.72. The second-order valence-corrected chi connectivity index (χ2v) is 13.3. The molecule has 4 N–H and O–H groups in total. The lowest BCUT2D eigenvalue weighted by molar-refractivity contribution is 0.0978. The van der Waals surface area contributed by atoms with Crippen LogP contribution in [-0.2, 0) is 40.3 Å². The summed E-state index contributed by atoms with van der Waals surface area (Å²) in [5.74, 6) is -4.38. The van der Waals surface area contributed by atoms with Crippen LogP contribution in [0.25, 0.3) is 0 Å². The van der Waals surface area contributed by atoms with Gasteiger partial charge in [0.15, 0.2) is 11.6 Å². The maximum absolute atomic E-state index is 13.0. The molecular formula is C16H14N2O12S4. The quantitative estimate of drug-likeness (QED) is 0.238. The molecule has 0 aliphatic heterocycles. The van der Waals surface area contributed by atoms with Crippen LogP contribution >= 0.6 is 0 Å². The zero-order valence-corrected chi connectivity index (χ0v) is 19.8. The van der Waals surface area contributed by atoms with Gasteiger partial charge >= 0.3 is 0 Å². The van der Waals surface area contributed by atoms with E-state index in [4.69, 9.17) is 9.11 Å². The highest BCUT2D eigenvalue weighted by atomic mass is 32.2. The van der Waals surface area contributed by atoms with Crippen molar-refractivity contribution in [2.75, 3.05) is 11.8 Å². The minimum absolute atomic E-state index is 0.202. The summed E-state index contributed by atoms with van der Waals surface area (Å²) in [6.07, 6.45) is 0. The van der Waals surface area contributed by atoms with Crippen LogP contribution in [0.15, 0.2) is 46.2 Å². The van der Waals surface area contributed by atoms with Crippen molar-refractivity contribution in [2.45, 2.75) is 9.79 Å². The van der Waals surface area contributed by atoms with E-state index in [-0.39, 0.29) is 11.1 Å². The van der Waals surface area contributed by atoms with Crippen molar-refractivity contribution in [3.05, 3.63) is 58.7 Å². The molecule has 0 amide bonds. The average Bonchev–Trinajstić information content (AvgIpc) is 2.73. The van der Waals surface area contributed by atoms with E-state index in [0.29, 0.717) is 0 Å². The van der Waals surface area contributed by atoms with E-state index in [2.05, 4.69) is 0 Å². The van der Waals surface area contributed by atoms with E-state index >= 15 is 0 Å². The number of hydrogen-bond acceptors (Lipinski definition) is 10. The van der Waals surface area contributed by atoms with E-state index in [1.54, 1.807) is 9.44 Å². The Hall–Kier alpha value is -2.58.